The van der Waals surface area contributed by atoms with E-state index in [9.17, 15) is 14.7 Å². The molecule has 41 heavy (non-hydrogen) atoms. The Hall–Kier alpha value is -5.18. The second-order valence-electron chi connectivity index (χ2n) is 9.51. The van der Waals surface area contributed by atoms with Crippen molar-refractivity contribution in [3.8, 4) is 28.7 Å². The highest BCUT2D eigenvalue weighted by molar-refractivity contribution is 6.04. The van der Waals surface area contributed by atoms with E-state index in [0.29, 0.717) is 40.8 Å². The van der Waals surface area contributed by atoms with Gasteiger partial charge in [0.05, 0.1) is 32.6 Å². The number of fused-ring (bicyclic) bond motifs is 1. The minimum Gasteiger partial charge on any atom is -0.493 e. The first-order valence-electron chi connectivity index (χ1n) is 12.9. The van der Waals surface area contributed by atoms with Crippen LogP contribution in [0.2, 0.25) is 0 Å². The summed E-state index contributed by atoms with van der Waals surface area (Å²) in [6.07, 6.45) is -0.565. The molecular weight excluding hydrogens is 524 g/mol. The van der Waals surface area contributed by atoms with E-state index in [4.69, 9.17) is 18.9 Å². The van der Waals surface area contributed by atoms with Gasteiger partial charge in [0.2, 0.25) is 5.75 Å². The molecule has 0 fully saturated rings. The summed E-state index contributed by atoms with van der Waals surface area (Å²) in [5.74, 6) is 0.552. The molecule has 0 unspecified atom stereocenters. The van der Waals surface area contributed by atoms with Crippen LogP contribution in [-0.4, -0.2) is 43.2 Å². The van der Waals surface area contributed by atoms with Crippen molar-refractivity contribution in [2.24, 2.45) is 0 Å². The van der Waals surface area contributed by atoms with E-state index in [1.165, 1.54) is 27.4 Å². The molecule has 2 N–H and O–H groups in total. The molecule has 210 valence electrons. The van der Waals surface area contributed by atoms with Gasteiger partial charge < -0.3 is 34.3 Å². The lowest BCUT2D eigenvalue weighted by atomic mass is 10.0. The number of nitrogens with zero attached hydrogens (tertiary/aromatic N) is 1. The lowest BCUT2D eigenvalue weighted by Crippen LogP contribution is -2.42. The summed E-state index contributed by atoms with van der Waals surface area (Å²) in [5.41, 5.74) is 3.59. The highest BCUT2D eigenvalue weighted by atomic mass is 16.5. The quantitative estimate of drug-likeness (QED) is 0.249. The number of carboxylic acid groups (broad SMARTS) is 1. The number of methoxy groups -OCH3 is 3. The Labute approximate surface area is 237 Å². The number of aryl methyl sites for hydroxylation is 1. The SMILES string of the molecule is COc1cc2c(c(OC)c1OC)N[C@@H](c1ccc(Oc3cc(C)ccc3C(=O)O)cc1)N(Cc1ccccc1)C2=O. The van der Waals surface area contributed by atoms with Gasteiger partial charge in [-0.1, -0.05) is 48.5 Å². The number of carboxylic acids is 1. The summed E-state index contributed by atoms with van der Waals surface area (Å²) in [6.45, 7) is 2.21. The van der Waals surface area contributed by atoms with Gasteiger partial charge in [-0.2, -0.15) is 0 Å². The van der Waals surface area contributed by atoms with Crippen LogP contribution in [0.1, 0.15) is 43.6 Å². The maximum Gasteiger partial charge on any atom is 0.339 e. The predicted molar refractivity (Wildman–Crippen MR) is 153 cm³/mol. The predicted octanol–water partition coefficient (Wildman–Crippen LogP) is 6.28. The van der Waals surface area contributed by atoms with Crippen LogP contribution in [0.3, 0.4) is 0 Å². The second-order valence-corrected chi connectivity index (χ2v) is 9.51. The lowest BCUT2D eigenvalue weighted by Gasteiger charge is -2.39. The number of hydrogen-bond donors (Lipinski definition) is 2. The minimum atomic E-state index is -1.07. The van der Waals surface area contributed by atoms with Crippen molar-refractivity contribution in [2.75, 3.05) is 26.6 Å². The number of benzene rings is 4. The molecule has 4 aromatic rings. The zero-order valence-electron chi connectivity index (χ0n) is 23.1. The molecule has 0 aromatic heterocycles. The van der Waals surface area contributed by atoms with Crippen LogP contribution in [0, 0.1) is 6.92 Å². The fraction of sp³-hybridized carbons (Fsp3) is 0.188. The van der Waals surface area contributed by atoms with Gasteiger partial charge in [0.1, 0.15) is 23.2 Å². The van der Waals surface area contributed by atoms with Crippen LogP contribution in [0.15, 0.2) is 78.9 Å². The normalized spacial score (nSPS) is 14.1. The highest BCUT2D eigenvalue weighted by Gasteiger charge is 2.37. The van der Waals surface area contributed by atoms with Crippen molar-refractivity contribution in [2.45, 2.75) is 19.6 Å². The van der Waals surface area contributed by atoms with Crippen molar-refractivity contribution in [1.29, 1.82) is 0 Å². The van der Waals surface area contributed by atoms with E-state index < -0.39 is 12.1 Å². The molecule has 0 radical (unpaired) electrons. The number of nitrogens with one attached hydrogen (secondary N) is 1. The molecule has 0 saturated heterocycles. The first kappa shape index (κ1) is 27.4. The van der Waals surface area contributed by atoms with Crippen LogP contribution >= 0.6 is 0 Å². The van der Waals surface area contributed by atoms with Gasteiger partial charge in [-0.15, -0.1) is 0 Å². The number of carbonyl (C=O) groups excluding carboxylic acids is 1. The molecular formula is C32H30N2O7. The third-order valence-corrected chi connectivity index (χ3v) is 6.90. The minimum absolute atomic E-state index is 0.0707. The Kier molecular flexibility index (Phi) is 7.69. The fourth-order valence-electron chi connectivity index (χ4n) is 4.90. The Morgan fingerprint density at radius 2 is 1.59 bits per heavy atom. The zero-order valence-corrected chi connectivity index (χ0v) is 23.1. The van der Waals surface area contributed by atoms with Gasteiger partial charge in [-0.25, -0.2) is 4.79 Å². The summed E-state index contributed by atoms with van der Waals surface area (Å²) < 4.78 is 22.7. The number of hydrogen-bond acceptors (Lipinski definition) is 7. The molecule has 9 nitrogen and oxygen atoms in total. The lowest BCUT2D eigenvalue weighted by molar-refractivity contribution is 0.0662. The molecule has 1 atom stereocenters. The van der Waals surface area contributed by atoms with Crippen molar-refractivity contribution >= 4 is 17.6 Å². The van der Waals surface area contributed by atoms with E-state index in [-0.39, 0.29) is 17.2 Å². The van der Waals surface area contributed by atoms with Crippen molar-refractivity contribution in [3.63, 3.8) is 0 Å². The van der Waals surface area contributed by atoms with Crippen LogP contribution in [0.25, 0.3) is 0 Å². The Morgan fingerprint density at radius 1 is 0.878 bits per heavy atom. The van der Waals surface area contributed by atoms with Crippen molar-refractivity contribution < 1.29 is 33.6 Å². The zero-order chi connectivity index (χ0) is 29.1. The Balaban J connectivity index is 1.54. The van der Waals surface area contributed by atoms with E-state index in [1.807, 2.05) is 49.4 Å². The summed E-state index contributed by atoms with van der Waals surface area (Å²) in [6, 6.07) is 23.5. The van der Waals surface area contributed by atoms with Gasteiger partial charge >= 0.3 is 5.97 Å². The molecule has 0 bridgehead atoms. The van der Waals surface area contributed by atoms with Gasteiger partial charge in [0.15, 0.2) is 11.5 Å². The fourth-order valence-corrected chi connectivity index (χ4v) is 4.90. The van der Waals surface area contributed by atoms with Crippen LogP contribution in [0.4, 0.5) is 5.69 Å². The van der Waals surface area contributed by atoms with E-state index in [1.54, 1.807) is 35.2 Å². The number of anilines is 1. The summed E-state index contributed by atoms with van der Waals surface area (Å²) in [4.78, 5) is 27.5. The number of aromatic carboxylic acids is 1. The standard InChI is InChI=1S/C32H30N2O7/c1-19-10-15-23(32(36)37)25(16-19)41-22-13-11-21(12-14-22)30-33-27-24(17-26(38-2)28(39-3)29(27)40-4)31(35)34(30)18-20-8-6-5-7-9-20/h5-17,30,33H,18H2,1-4H3,(H,36,37)/t30-/m1/s1. The Bertz CT molecular complexity index is 1590. The van der Waals surface area contributed by atoms with E-state index >= 15 is 0 Å². The molecule has 1 aliphatic rings. The van der Waals surface area contributed by atoms with Gasteiger partial charge in [0, 0.05) is 6.54 Å². The molecule has 0 saturated carbocycles. The maximum atomic E-state index is 14.0. The number of amides is 1. The topological polar surface area (TPSA) is 107 Å². The monoisotopic (exact) mass is 554 g/mol. The van der Waals surface area contributed by atoms with Gasteiger partial charge in [-0.3, -0.25) is 4.79 Å². The van der Waals surface area contributed by atoms with E-state index in [2.05, 4.69) is 5.32 Å². The molecule has 1 aliphatic heterocycles. The highest BCUT2D eigenvalue weighted by Crippen LogP contribution is 2.49. The molecule has 1 heterocycles. The molecule has 5 rings (SSSR count). The molecule has 0 aliphatic carbocycles. The van der Waals surface area contributed by atoms with Crippen LogP contribution in [0.5, 0.6) is 28.7 Å². The summed E-state index contributed by atoms with van der Waals surface area (Å²) in [7, 11) is 4.53. The third kappa shape index (κ3) is 5.34. The van der Waals surface area contributed by atoms with Crippen molar-refractivity contribution in [3.05, 3.63) is 107 Å². The van der Waals surface area contributed by atoms with Gasteiger partial charge in [0.25, 0.3) is 5.91 Å². The smallest absolute Gasteiger partial charge is 0.339 e. The molecule has 9 heteroatoms. The molecule has 1 amide bonds. The number of ether oxygens (including phenoxy) is 4. The first-order chi connectivity index (χ1) is 19.8. The maximum absolute atomic E-state index is 14.0. The summed E-state index contributed by atoms with van der Waals surface area (Å²) in [5, 5.41) is 13.1. The second kappa shape index (κ2) is 11.5. The number of carbonyl (C=O) groups is 2. The number of rotatable bonds is 9. The van der Waals surface area contributed by atoms with Crippen LogP contribution < -0.4 is 24.3 Å². The largest absolute Gasteiger partial charge is 0.493 e. The van der Waals surface area contributed by atoms with Crippen LogP contribution in [-0.2, 0) is 6.54 Å². The average molecular weight is 555 g/mol. The average Bonchev–Trinajstić information content (AvgIpc) is 2.98. The van der Waals surface area contributed by atoms with Crippen molar-refractivity contribution in [1.82, 2.24) is 4.90 Å². The molecule has 0 spiro atoms. The third-order valence-electron chi connectivity index (χ3n) is 6.90. The first-order valence-corrected chi connectivity index (χ1v) is 12.9. The Morgan fingerprint density at radius 3 is 2.22 bits per heavy atom. The summed E-state index contributed by atoms with van der Waals surface area (Å²) >= 11 is 0. The molecule has 4 aromatic carbocycles. The van der Waals surface area contributed by atoms with Gasteiger partial charge in [-0.05, 0) is 53.9 Å². The van der Waals surface area contributed by atoms with E-state index in [0.717, 1.165) is 16.7 Å².